The van der Waals surface area contributed by atoms with Crippen LogP contribution in [0.2, 0.25) is 0 Å². The Labute approximate surface area is 201 Å². The molecule has 2 atom stereocenters. The molecule has 1 amide bonds. The highest BCUT2D eigenvalue weighted by Crippen LogP contribution is 2.40. The van der Waals surface area contributed by atoms with Crippen molar-refractivity contribution < 1.29 is 14.6 Å². The van der Waals surface area contributed by atoms with Gasteiger partial charge in [-0.15, -0.1) is 0 Å². The number of cyclic esters (lactones) is 1. The smallest absolute Gasteiger partial charge is 0.410 e. The van der Waals surface area contributed by atoms with Gasteiger partial charge in [-0.1, -0.05) is 81.4 Å². The molecule has 1 aromatic heterocycles. The number of aliphatic hydroxyl groups is 1. The Morgan fingerprint density at radius 1 is 1.12 bits per heavy atom. The molecule has 0 aliphatic carbocycles. The number of rotatable bonds is 8. The van der Waals surface area contributed by atoms with E-state index in [1.54, 1.807) is 4.90 Å². The Bertz CT molecular complexity index is 1080. The molecule has 1 saturated heterocycles. The molecule has 0 radical (unpaired) electrons. The lowest BCUT2D eigenvalue weighted by Gasteiger charge is -2.43. The van der Waals surface area contributed by atoms with Crippen LogP contribution in [0.25, 0.3) is 11.3 Å². The summed E-state index contributed by atoms with van der Waals surface area (Å²) in [6, 6.07) is 20.0. The first-order chi connectivity index (χ1) is 16.4. The summed E-state index contributed by atoms with van der Waals surface area (Å²) in [5.74, 6) is 0.829. The van der Waals surface area contributed by atoms with Crippen LogP contribution in [0.15, 0.2) is 66.9 Å². The van der Waals surface area contributed by atoms with Crippen LogP contribution >= 0.6 is 0 Å². The Kier molecular flexibility index (Phi) is 7.34. The molecule has 0 spiro atoms. The van der Waals surface area contributed by atoms with Gasteiger partial charge in [0, 0.05) is 31.4 Å². The topological polar surface area (TPSA) is 79.6 Å². The monoisotopic (exact) mass is 462 g/mol. The zero-order valence-corrected chi connectivity index (χ0v) is 20.1. The second kappa shape index (κ2) is 10.4. The van der Waals surface area contributed by atoms with Crippen LogP contribution in [-0.4, -0.2) is 58.0 Å². The molecule has 1 unspecified atom stereocenters. The summed E-state index contributed by atoms with van der Waals surface area (Å²) in [6.45, 7) is 8.29. The summed E-state index contributed by atoms with van der Waals surface area (Å²) in [4.78, 5) is 19.9. The van der Waals surface area contributed by atoms with Gasteiger partial charge in [-0.25, -0.2) is 9.78 Å². The Hall–Kier alpha value is -3.16. The second-order valence-corrected chi connectivity index (χ2v) is 9.84. The third kappa shape index (κ3) is 5.48. The largest absolute Gasteiger partial charge is 0.448 e. The first-order valence-electron chi connectivity index (χ1n) is 11.8. The number of aromatic nitrogens is 2. The highest BCUT2D eigenvalue weighted by atomic mass is 16.6. The maximum Gasteiger partial charge on any atom is 0.410 e. The lowest BCUT2D eigenvalue weighted by molar-refractivity contribution is 0.00849. The van der Waals surface area contributed by atoms with Gasteiger partial charge < -0.3 is 19.7 Å². The molecule has 0 bridgehead atoms. The van der Waals surface area contributed by atoms with Crippen molar-refractivity contribution >= 4 is 6.09 Å². The summed E-state index contributed by atoms with van der Waals surface area (Å²) in [5.41, 5.74) is 2.77. The number of nitrogens with zero attached hydrogens (tertiary/aromatic N) is 3. The third-order valence-electron chi connectivity index (χ3n) is 6.05. The van der Waals surface area contributed by atoms with E-state index in [2.05, 4.69) is 61.1 Å². The molecule has 34 heavy (non-hydrogen) atoms. The van der Waals surface area contributed by atoms with Crippen LogP contribution in [0.1, 0.15) is 38.2 Å². The zero-order valence-electron chi connectivity index (χ0n) is 20.1. The van der Waals surface area contributed by atoms with Gasteiger partial charge in [0.1, 0.15) is 12.4 Å². The Morgan fingerprint density at radius 2 is 1.79 bits per heavy atom. The molecule has 180 valence electrons. The van der Waals surface area contributed by atoms with Crippen molar-refractivity contribution in [3.63, 3.8) is 0 Å². The number of hydrogen-bond donors (Lipinski definition) is 2. The minimum absolute atomic E-state index is 0.0368. The lowest BCUT2D eigenvalue weighted by Crippen LogP contribution is -2.55. The van der Waals surface area contributed by atoms with Gasteiger partial charge in [0.15, 0.2) is 0 Å². The average molecular weight is 463 g/mol. The number of aliphatic hydroxyl groups excluding tert-OH is 1. The summed E-state index contributed by atoms with van der Waals surface area (Å²) in [7, 11) is 0. The number of hydrogen-bond acceptors (Lipinski definition) is 5. The van der Waals surface area contributed by atoms with Gasteiger partial charge in [0.25, 0.3) is 0 Å². The fourth-order valence-corrected chi connectivity index (χ4v) is 4.52. The normalized spacial score (nSPS) is 17.5. The van der Waals surface area contributed by atoms with Crippen LogP contribution in [0, 0.1) is 5.41 Å². The molecule has 4 rings (SSSR count). The molecule has 0 saturated carbocycles. The molecule has 2 N–H and O–H groups in total. The van der Waals surface area contributed by atoms with E-state index in [9.17, 15) is 9.90 Å². The van der Waals surface area contributed by atoms with E-state index in [1.807, 2.05) is 36.4 Å². The van der Waals surface area contributed by atoms with E-state index < -0.39 is 0 Å². The number of carbonyl (C=O) groups excluding carboxylic acids is 1. The molecular weight excluding hydrogens is 428 g/mol. The van der Waals surface area contributed by atoms with E-state index in [1.165, 1.54) is 0 Å². The summed E-state index contributed by atoms with van der Waals surface area (Å²) >= 11 is 0. The summed E-state index contributed by atoms with van der Waals surface area (Å²) < 4.78 is 7.71. The first kappa shape index (κ1) is 24.0. The molecule has 7 nitrogen and oxygen atoms in total. The predicted molar refractivity (Wildman–Crippen MR) is 132 cm³/mol. The van der Waals surface area contributed by atoms with Gasteiger partial charge in [-0.05, 0) is 11.0 Å². The highest BCUT2D eigenvalue weighted by molar-refractivity contribution is 5.69. The highest BCUT2D eigenvalue weighted by Gasteiger charge is 2.42. The predicted octanol–water partition coefficient (Wildman–Crippen LogP) is 4.09. The minimum atomic E-state index is -0.336. The Balaban J connectivity index is 1.77. The van der Waals surface area contributed by atoms with Gasteiger partial charge in [0.05, 0.1) is 24.4 Å². The number of ether oxygens (including phenoxy) is 1. The number of nitrogens with one attached hydrogen (secondary N) is 1. The lowest BCUT2D eigenvalue weighted by atomic mass is 9.84. The molecule has 2 heterocycles. The van der Waals surface area contributed by atoms with Crippen molar-refractivity contribution in [1.29, 1.82) is 0 Å². The van der Waals surface area contributed by atoms with Crippen LogP contribution in [0.3, 0.4) is 0 Å². The third-order valence-corrected chi connectivity index (χ3v) is 6.05. The number of carbonyl (C=O) groups is 1. The van der Waals surface area contributed by atoms with Crippen molar-refractivity contribution in [3.05, 3.63) is 78.2 Å². The molecular formula is C27H34N4O3. The van der Waals surface area contributed by atoms with Crippen LogP contribution < -0.4 is 5.32 Å². The van der Waals surface area contributed by atoms with E-state index in [0.717, 1.165) is 22.6 Å². The molecule has 1 fully saturated rings. The van der Waals surface area contributed by atoms with Crippen molar-refractivity contribution in [1.82, 2.24) is 19.8 Å². The van der Waals surface area contributed by atoms with Crippen molar-refractivity contribution in [2.75, 3.05) is 26.3 Å². The van der Waals surface area contributed by atoms with Gasteiger partial charge in [-0.3, -0.25) is 4.90 Å². The van der Waals surface area contributed by atoms with Crippen molar-refractivity contribution in [2.45, 2.75) is 39.4 Å². The zero-order chi connectivity index (χ0) is 24.1. The summed E-state index contributed by atoms with van der Waals surface area (Å²) in [5, 5.41) is 12.5. The molecule has 1 aliphatic heterocycles. The van der Waals surface area contributed by atoms with E-state index in [-0.39, 0.29) is 30.2 Å². The van der Waals surface area contributed by atoms with E-state index in [0.29, 0.717) is 26.2 Å². The number of imidazole rings is 1. The van der Waals surface area contributed by atoms with Gasteiger partial charge in [0.2, 0.25) is 0 Å². The van der Waals surface area contributed by atoms with Crippen LogP contribution in [0.5, 0.6) is 0 Å². The quantitative estimate of drug-likeness (QED) is 0.527. The molecule has 3 aromatic rings. The van der Waals surface area contributed by atoms with Crippen LogP contribution in [-0.2, 0) is 11.3 Å². The van der Waals surface area contributed by atoms with E-state index in [4.69, 9.17) is 9.72 Å². The van der Waals surface area contributed by atoms with Gasteiger partial charge in [-0.2, -0.15) is 0 Å². The fourth-order valence-electron chi connectivity index (χ4n) is 4.52. The maximum absolute atomic E-state index is 13.0. The molecule has 1 aliphatic rings. The summed E-state index contributed by atoms with van der Waals surface area (Å²) in [6.07, 6.45) is 1.74. The maximum atomic E-state index is 13.0. The fraction of sp³-hybridized carbons (Fsp3) is 0.407. The molecule has 2 aromatic carbocycles. The van der Waals surface area contributed by atoms with Crippen molar-refractivity contribution in [3.8, 4) is 11.3 Å². The first-order valence-corrected chi connectivity index (χ1v) is 11.8. The number of amides is 1. The average Bonchev–Trinajstić information content (AvgIpc) is 3.23. The second-order valence-electron chi connectivity index (χ2n) is 9.84. The minimum Gasteiger partial charge on any atom is -0.448 e. The molecule has 7 heteroatoms. The Morgan fingerprint density at radius 3 is 2.44 bits per heavy atom. The van der Waals surface area contributed by atoms with Gasteiger partial charge >= 0.3 is 6.09 Å². The van der Waals surface area contributed by atoms with Crippen LogP contribution in [0.4, 0.5) is 4.79 Å². The SMILES string of the molecule is CC(C)(C)[C@H](c1nc(-c2ccccc2)cn1Cc1ccccc1)N1CC(NCCO)COC1=O. The number of benzene rings is 2. The standard InChI is InChI=1S/C27H34N4O3/c1-27(2,3)24(31-17-22(28-14-15-32)19-34-26(31)33)25-29-23(21-12-8-5-9-13-21)18-30(25)16-20-10-6-4-7-11-20/h4-13,18,22,24,28,32H,14-17,19H2,1-3H3/t22?,24-/m0/s1. The van der Waals surface area contributed by atoms with Crippen molar-refractivity contribution in [2.24, 2.45) is 5.41 Å². The van der Waals surface area contributed by atoms with E-state index >= 15 is 0 Å².